The number of aryl methyl sites for hydroxylation is 1. The van der Waals surface area contributed by atoms with E-state index in [0.717, 1.165) is 61.6 Å². The Morgan fingerprint density at radius 1 is 1.33 bits per heavy atom. The van der Waals surface area contributed by atoms with Crippen LogP contribution in [-0.4, -0.2) is 35.2 Å². The molecule has 1 fully saturated rings. The molecule has 2 aliphatic heterocycles. The normalized spacial score (nSPS) is 18.8. The van der Waals surface area contributed by atoms with Crippen LogP contribution in [0.5, 0.6) is 0 Å². The lowest BCUT2D eigenvalue weighted by Crippen LogP contribution is -2.46. The van der Waals surface area contributed by atoms with Crippen molar-refractivity contribution in [2.45, 2.75) is 45.2 Å². The van der Waals surface area contributed by atoms with Crippen LogP contribution in [0.15, 0.2) is 65.3 Å². The quantitative estimate of drug-likeness (QED) is 0.543. The Morgan fingerprint density at radius 3 is 2.97 bits per heavy atom. The van der Waals surface area contributed by atoms with Crippen LogP contribution in [-0.2, 0) is 13.0 Å². The smallest absolute Gasteiger partial charge is 0.128 e. The summed E-state index contributed by atoms with van der Waals surface area (Å²) in [5, 5.41) is 8.22. The molecule has 3 heterocycles. The van der Waals surface area contributed by atoms with E-state index in [1.165, 1.54) is 16.5 Å². The van der Waals surface area contributed by atoms with E-state index in [1.807, 2.05) is 6.21 Å². The van der Waals surface area contributed by atoms with Crippen molar-refractivity contribution in [1.29, 1.82) is 0 Å². The van der Waals surface area contributed by atoms with E-state index in [-0.39, 0.29) is 0 Å². The van der Waals surface area contributed by atoms with Gasteiger partial charge in [0.15, 0.2) is 0 Å². The third kappa shape index (κ3) is 4.37. The van der Waals surface area contributed by atoms with E-state index in [0.29, 0.717) is 18.4 Å². The molecule has 1 aromatic carbocycles. The number of hydrogen-bond donors (Lipinski definition) is 4. The zero-order valence-electron chi connectivity index (χ0n) is 17.8. The van der Waals surface area contributed by atoms with Crippen molar-refractivity contribution in [3.8, 4) is 0 Å². The van der Waals surface area contributed by atoms with Crippen molar-refractivity contribution in [3.05, 3.63) is 71.6 Å². The zero-order valence-corrected chi connectivity index (χ0v) is 17.8. The molecule has 1 unspecified atom stereocenters. The van der Waals surface area contributed by atoms with E-state index >= 15 is 0 Å². The van der Waals surface area contributed by atoms with Gasteiger partial charge >= 0.3 is 0 Å². The predicted octanol–water partition coefficient (Wildman–Crippen LogP) is 3.50. The lowest BCUT2D eigenvalue weighted by molar-refractivity contribution is 0.244. The predicted molar refractivity (Wildman–Crippen MR) is 125 cm³/mol. The molecule has 2 aliphatic rings. The van der Waals surface area contributed by atoms with Crippen molar-refractivity contribution in [1.82, 2.24) is 20.5 Å². The number of hydrogen-bond acceptors (Lipinski definition) is 5. The van der Waals surface area contributed by atoms with E-state index in [4.69, 9.17) is 5.73 Å². The third-order valence-corrected chi connectivity index (χ3v) is 6.01. The number of allylic oxidation sites excluding steroid dienone is 1. The summed E-state index contributed by atoms with van der Waals surface area (Å²) in [6, 6.07) is 9.13. The Bertz CT molecular complexity index is 1010. The molecule has 6 nitrogen and oxygen atoms in total. The molecule has 158 valence electrons. The van der Waals surface area contributed by atoms with Crippen LogP contribution in [0, 0.1) is 0 Å². The maximum Gasteiger partial charge on any atom is 0.128 e. The first kappa shape index (κ1) is 20.1. The number of rotatable bonds is 8. The SMILES string of the molecule is C=C(NCc1cc2cc(CC)ccc2[nH]1)NC1CCCN(C(=C)C2=C(N)N=CC2)C1. The molecule has 0 aliphatic carbocycles. The van der Waals surface area contributed by atoms with Gasteiger partial charge in [0, 0.05) is 54.2 Å². The summed E-state index contributed by atoms with van der Waals surface area (Å²) in [5.41, 5.74) is 11.7. The summed E-state index contributed by atoms with van der Waals surface area (Å²) in [6.07, 6.45) is 5.91. The van der Waals surface area contributed by atoms with E-state index < -0.39 is 0 Å². The molecule has 5 N–H and O–H groups in total. The summed E-state index contributed by atoms with van der Waals surface area (Å²) in [4.78, 5) is 9.98. The number of nitrogens with zero attached hydrogens (tertiary/aromatic N) is 2. The van der Waals surface area contributed by atoms with Crippen molar-refractivity contribution in [2.24, 2.45) is 10.7 Å². The van der Waals surface area contributed by atoms with Crippen LogP contribution in [0.2, 0.25) is 0 Å². The van der Waals surface area contributed by atoms with Crippen LogP contribution in [0.25, 0.3) is 10.9 Å². The lowest BCUT2D eigenvalue weighted by Gasteiger charge is -2.37. The molecule has 6 heteroatoms. The van der Waals surface area contributed by atoms with Gasteiger partial charge in [-0.25, -0.2) is 4.99 Å². The Morgan fingerprint density at radius 2 is 2.20 bits per heavy atom. The summed E-state index contributed by atoms with van der Waals surface area (Å²) in [6.45, 7) is 13.2. The van der Waals surface area contributed by atoms with Gasteiger partial charge in [0.25, 0.3) is 0 Å². The van der Waals surface area contributed by atoms with E-state index in [2.05, 4.69) is 69.9 Å². The number of nitrogens with two attached hydrogens (primary N) is 1. The second-order valence-electron chi connectivity index (χ2n) is 8.16. The van der Waals surface area contributed by atoms with Crippen molar-refractivity contribution < 1.29 is 0 Å². The fourth-order valence-corrected chi connectivity index (χ4v) is 4.27. The van der Waals surface area contributed by atoms with Crippen LogP contribution >= 0.6 is 0 Å². The summed E-state index contributed by atoms with van der Waals surface area (Å²) in [5.74, 6) is 1.45. The lowest BCUT2D eigenvalue weighted by atomic mass is 10.0. The number of nitrogens with one attached hydrogen (secondary N) is 3. The average Bonchev–Trinajstić information content (AvgIpc) is 3.36. The van der Waals surface area contributed by atoms with E-state index in [1.54, 1.807) is 0 Å². The highest BCUT2D eigenvalue weighted by Gasteiger charge is 2.24. The van der Waals surface area contributed by atoms with Crippen LogP contribution in [0.3, 0.4) is 0 Å². The molecule has 2 aromatic rings. The Labute approximate surface area is 178 Å². The first-order valence-corrected chi connectivity index (χ1v) is 10.8. The monoisotopic (exact) mass is 404 g/mol. The van der Waals surface area contributed by atoms with Crippen molar-refractivity contribution in [3.63, 3.8) is 0 Å². The highest BCUT2D eigenvalue weighted by Crippen LogP contribution is 2.25. The number of aromatic amines is 1. The second-order valence-corrected chi connectivity index (χ2v) is 8.16. The molecular weight excluding hydrogens is 372 g/mol. The second kappa shape index (κ2) is 8.69. The van der Waals surface area contributed by atoms with Gasteiger partial charge in [-0.3, -0.25) is 0 Å². The number of benzene rings is 1. The fraction of sp³-hybridized carbons (Fsp3) is 0.375. The van der Waals surface area contributed by atoms with Gasteiger partial charge in [-0.1, -0.05) is 26.1 Å². The number of aliphatic imine (C=N–C) groups is 1. The number of aromatic nitrogens is 1. The number of piperidine rings is 1. The van der Waals surface area contributed by atoms with Crippen molar-refractivity contribution >= 4 is 17.1 Å². The molecule has 0 spiro atoms. The summed E-state index contributed by atoms with van der Waals surface area (Å²) in [7, 11) is 0. The molecule has 4 rings (SSSR count). The van der Waals surface area contributed by atoms with Crippen LogP contribution < -0.4 is 16.4 Å². The van der Waals surface area contributed by atoms with Gasteiger partial charge in [-0.05, 0) is 48.4 Å². The third-order valence-electron chi connectivity index (χ3n) is 6.01. The fourth-order valence-electron chi connectivity index (χ4n) is 4.27. The number of fused-ring (bicyclic) bond motifs is 1. The first-order chi connectivity index (χ1) is 14.5. The average molecular weight is 405 g/mol. The van der Waals surface area contributed by atoms with Gasteiger partial charge < -0.3 is 26.3 Å². The van der Waals surface area contributed by atoms with Crippen LogP contribution in [0.1, 0.15) is 37.4 Å². The summed E-state index contributed by atoms with van der Waals surface area (Å²) < 4.78 is 0. The Hall–Kier alpha value is -3.15. The van der Waals surface area contributed by atoms with E-state index in [9.17, 15) is 0 Å². The van der Waals surface area contributed by atoms with Gasteiger partial charge in [0.05, 0.1) is 12.4 Å². The first-order valence-electron chi connectivity index (χ1n) is 10.8. The standard InChI is InChI=1S/C24H32N6/c1-4-18-7-8-23-19(12-18)13-21(29-23)14-27-17(3)28-20-6-5-11-30(15-20)16(2)22-9-10-26-24(22)25/h7-8,10,12-13,20,27-29H,2-6,9,11,14-15,25H2,1H3. The van der Waals surface area contributed by atoms with Crippen LogP contribution in [0.4, 0.5) is 0 Å². The molecule has 1 saturated heterocycles. The molecule has 30 heavy (non-hydrogen) atoms. The van der Waals surface area contributed by atoms with Gasteiger partial charge in [0.1, 0.15) is 5.82 Å². The minimum absolute atomic E-state index is 0.328. The topological polar surface area (TPSA) is 81.5 Å². The molecule has 0 saturated carbocycles. The molecule has 0 bridgehead atoms. The minimum Gasteiger partial charge on any atom is -0.383 e. The highest BCUT2D eigenvalue weighted by atomic mass is 15.2. The molecule has 1 aromatic heterocycles. The molecule has 0 radical (unpaired) electrons. The largest absolute Gasteiger partial charge is 0.383 e. The molecule has 1 atom stereocenters. The number of H-pyrrole nitrogens is 1. The number of likely N-dealkylation sites (tertiary alicyclic amines) is 1. The highest BCUT2D eigenvalue weighted by molar-refractivity contribution is 5.81. The van der Waals surface area contributed by atoms with Gasteiger partial charge in [-0.2, -0.15) is 0 Å². The Balaban J connectivity index is 1.29. The van der Waals surface area contributed by atoms with Gasteiger partial charge in [0.2, 0.25) is 0 Å². The maximum atomic E-state index is 5.99. The minimum atomic E-state index is 0.328. The molecule has 0 amide bonds. The molecular formula is C24H32N6. The summed E-state index contributed by atoms with van der Waals surface area (Å²) >= 11 is 0. The van der Waals surface area contributed by atoms with Crippen molar-refractivity contribution in [2.75, 3.05) is 13.1 Å². The maximum absolute atomic E-state index is 5.99. The zero-order chi connectivity index (χ0) is 21.1. The van der Waals surface area contributed by atoms with Gasteiger partial charge in [-0.15, -0.1) is 0 Å². The Kier molecular flexibility index (Phi) is 5.84.